The number of hydrogen-bond donors (Lipinski definition) is 2. The van der Waals surface area contributed by atoms with Gasteiger partial charge in [0.1, 0.15) is 11.4 Å². The zero-order valence-corrected chi connectivity index (χ0v) is 10.7. The zero-order chi connectivity index (χ0) is 13.9. The van der Waals surface area contributed by atoms with Crippen LogP contribution in [0.2, 0.25) is 0 Å². The molecule has 0 saturated carbocycles. The average Bonchev–Trinajstić information content (AvgIpc) is 2.48. The summed E-state index contributed by atoms with van der Waals surface area (Å²) in [7, 11) is 0. The molecule has 0 bridgehead atoms. The minimum atomic E-state index is 0.202. The third-order valence-electron chi connectivity index (χ3n) is 3.05. The highest BCUT2D eigenvalue weighted by molar-refractivity contribution is 5.97. The maximum absolute atomic E-state index is 9.24. The first-order valence-electron chi connectivity index (χ1n) is 6.22. The molecule has 0 amide bonds. The van der Waals surface area contributed by atoms with Crippen LogP contribution in [0.15, 0.2) is 70.9 Å². The first kappa shape index (κ1) is 12.2. The number of rotatable bonds is 2. The molecule has 4 nitrogen and oxygen atoms in total. The highest BCUT2D eigenvalue weighted by atomic mass is 16.3. The number of phenolic OH excluding ortho intramolecular Hbond substituents is 1. The van der Waals surface area contributed by atoms with E-state index in [1.54, 1.807) is 24.3 Å². The third kappa shape index (κ3) is 2.31. The number of azo groups is 1. The lowest BCUT2D eigenvalue weighted by molar-refractivity contribution is 0.475. The second-order valence-electron chi connectivity index (χ2n) is 4.44. The number of benzene rings is 3. The van der Waals surface area contributed by atoms with E-state index in [4.69, 9.17) is 5.73 Å². The van der Waals surface area contributed by atoms with Crippen LogP contribution in [0.25, 0.3) is 10.8 Å². The lowest BCUT2D eigenvalue weighted by Gasteiger charge is -2.04. The van der Waals surface area contributed by atoms with Crippen LogP contribution in [0.4, 0.5) is 17.1 Å². The van der Waals surface area contributed by atoms with Gasteiger partial charge in [-0.05, 0) is 35.7 Å². The molecule has 3 N–H and O–H groups in total. The van der Waals surface area contributed by atoms with E-state index in [1.807, 2.05) is 36.4 Å². The number of phenols is 1. The smallest absolute Gasteiger partial charge is 0.116 e. The zero-order valence-electron chi connectivity index (χ0n) is 10.7. The van der Waals surface area contributed by atoms with E-state index < -0.39 is 0 Å². The summed E-state index contributed by atoms with van der Waals surface area (Å²) in [5.41, 5.74) is 7.90. The summed E-state index contributed by atoms with van der Waals surface area (Å²) in [6, 6.07) is 18.2. The lowest BCUT2D eigenvalue weighted by Crippen LogP contribution is -1.85. The first-order valence-corrected chi connectivity index (χ1v) is 6.22. The molecule has 3 aromatic carbocycles. The van der Waals surface area contributed by atoms with Crippen molar-refractivity contribution in [2.75, 3.05) is 5.73 Å². The standard InChI is InChI=1S/C16H13N3O/c17-15-10-5-11-3-1-2-4-14(11)16(15)19-18-12-6-8-13(20)9-7-12/h1-10,20H,17H2. The van der Waals surface area contributed by atoms with Gasteiger partial charge in [-0.15, -0.1) is 5.11 Å². The van der Waals surface area contributed by atoms with Gasteiger partial charge in [-0.2, -0.15) is 5.11 Å². The first-order chi connectivity index (χ1) is 9.74. The van der Waals surface area contributed by atoms with Crippen molar-refractivity contribution in [2.24, 2.45) is 10.2 Å². The minimum absolute atomic E-state index is 0.202. The number of anilines is 1. The highest BCUT2D eigenvalue weighted by Crippen LogP contribution is 2.33. The van der Waals surface area contributed by atoms with E-state index in [9.17, 15) is 5.11 Å². The van der Waals surface area contributed by atoms with Gasteiger partial charge in [0, 0.05) is 5.39 Å². The molecule has 4 heteroatoms. The van der Waals surface area contributed by atoms with Crippen LogP contribution < -0.4 is 5.73 Å². The van der Waals surface area contributed by atoms with Crippen molar-refractivity contribution in [3.8, 4) is 5.75 Å². The van der Waals surface area contributed by atoms with Gasteiger partial charge in [0.05, 0.1) is 11.4 Å². The summed E-state index contributed by atoms with van der Waals surface area (Å²) in [5.74, 6) is 0.202. The Balaban J connectivity index is 2.06. The van der Waals surface area contributed by atoms with Crippen molar-refractivity contribution >= 4 is 27.8 Å². The summed E-state index contributed by atoms with van der Waals surface area (Å²) in [6.07, 6.45) is 0. The van der Waals surface area contributed by atoms with E-state index in [-0.39, 0.29) is 5.75 Å². The molecule has 0 spiro atoms. The van der Waals surface area contributed by atoms with E-state index in [0.717, 1.165) is 10.8 Å². The van der Waals surface area contributed by atoms with Crippen LogP contribution in [-0.2, 0) is 0 Å². The van der Waals surface area contributed by atoms with Crippen molar-refractivity contribution < 1.29 is 5.11 Å². The number of hydrogen-bond acceptors (Lipinski definition) is 4. The summed E-state index contributed by atoms with van der Waals surface area (Å²) < 4.78 is 0. The minimum Gasteiger partial charge on any atom is -0.508 e. The summed E-state index contributed by atoms with van der Waals surface area (Å²) in [6.45, 7) is 0. The molecule has 0 unspecified atom stereocenters. The molecule has 3 rings (SSSR count). The molecule has 0 atom stereocenters. The summed E-state index contributed by atoms with van der Waals surface area (Å²) in [5, 5.41) is 19.7. The van der Waals surface area contributed by atoms with E-state index in [1.165, 1.54) is 0 Å². The number of aromatic hydroxyl groups is 1. The molecule has 0 saturated heterocycles. The third-order valence-corrected chi connectivity index (χ3v) is 3.05. The molecule has 98 valence electrons. The Morgan fingerprint density at radius 3 is 2.35 bits per heavy atom. The lowest BCUT2D eigenvalue weighted by atomic mass is 10.1. The van der Waals surface area contributed by atoms with Crippen molar-refractivity contribution in [3.63, 3.8) is 0 Å². The largest absolute Gasteiger partial charge is 0.508 e. The van der Waals surface area contributed by atoms with Crippen LogP contribution in [0.1, 0.15) is 0 Å². The Bertz CT molecular complexity index is 779. The van der Waals surface area contributed by atoms with Gasteiger partial charge in [-0.3, -0.25) is 0 Å². The van der Waals surface area contributed by atoms with Crippen molar-refractivity contribution in [2.45, 2.75) is 0 Å². The average molecular weight is 263 g/mol. The fraction of sp³-hybridized carbons (Fsp3) is 0. The topological polar surface area (TPSA) is 71.0 Å². The normalized spacial score (nSPS) is 11.2. The van der Waals surface area contributed by atoms with Gasteiger partial charge >= 0.3 is 0 Å². The summed E-state index contributed by atoms with van der Waals surface area (Å²) in [4.78, 5) is 0. The van der Waals surface area contributed by atoms with Crippen LogP contribution in [0, 0.1) is 0 Å². The Morgan fingerprint density at radius 2 is 1.55 bits per heavy atom. The molecule has 0 aliphatic carbocycles. The van der Waals surface area contributed by atoms with E-state index >= 15 is 0 Å². The summed E-state index contributed by atoms with van der Waals surface area (Å²) >= 11 is 0. The number of fused-ring (bicyclic) bond motifs is 1. The molecule has 0 aliphatic heterocycles. The molecule has 0 heterocycles. The van der Waals surface area contributed by atoms with Crippen LogP contribution in [0.5, 0.6) is 5.75 Å². The molecule has 3 aromatic rings. The van der Waals surface area contributed by atoms with Gasteiger partial charge in [0.25, 0.3) is 0 Å². The highest BCUT2D eigenvalue weighted by Gasteiger charge is 2.04. The fourth-order valence-corrected chi connectivity index (χ4v) is 2.01. The fourth-order valence-electron chi connectivity index (χ4n) is 2.01. The molecular weight excluding hydrogens is 250 g/mol. The molecule has 0 aliphatic rings. The molecular formula is C16H13N3O. The molecule has 0 radical (unpaired) electrons. The van der Waals surface area contributed by atoms with Gasteiger partial charge in [-0.25, -0.2) is 0 Å². The van der Waals surface area contributed by atoms with Crippen molar-refractivity contribution in [1.82, 2.24) is 0 Å². The maximum Gasteiger partial charge on any atom is 0.116 e. The number of nitrogens with zero attached hydrogens (tertiary/aromatic N) is 2. The monoisotopic (exact) mass is 263 g/mol. The van der Waals surface area contributed by atoms with Crippen LogP contribution in [-0.4, -0.2) is 5.11 Å². The quantitative estimate of drug-likeness (QED) is 0.526. The second kappa shape index (κ2) is 5.01. The van der Waals surface area contributed by atoms with Crippen molar-refractivity contribution in [1.29, 1.82) is 0 Å². The SMILES string of the molecule is Nc1ccc2ccccc2c1N=Nc1ccc(O)cc1. The van der Waals surface area contributed by atoms with Gasteiger partial charge < -0.3 is 10.8 Å². The van der Waals surface area contributed by atoms with Crippen molar-refractivity contribution in [3.05, 3.63) is 60.7 Å². The Labute approximate surface area is 116 Å². The van der Waals surface area contributed by atoms with Gasteiger partial charge in [-0.1, -0.05) is 30.3 Å². The van der Waals surface area contributed by atoms with Crippen LogP contribution in [0.3, 0.4) is 0 Å². The van der Waals surface area contributed by atoms with Gasteiger partial charge in [0.15, 0.2) is 0 Å². The predicted octanol–water partition coefficient (Wildman–Crippen LogP) is 4.54. The Hall–Kier alpha value is -2.88. The predicted molar refractivity (Wildman–Crippen MR) is 80.6 cm³/mol. The number of nitrogens with two attached hydrogens (primary N) is 1. The maximum atomic E-state index is 9.24. The Kier molecular flexibility index (Phi) is 3.05. The van der Waals surface area contributed by atoms with Gasteiger partial charge in [0.2, 0.25) is 0 Å². The van der Waals surface area contributed by atoms with E-state index in [0.29, 0.717) is 17.1 Å². The molecule has 0 aromatic heterocycles. The Morgan fingerprint density at radius 1 is 0.800 bits per heavy atom. The number of nitrogen functional groups attached to an aromatic ring is 1. The van der Waals surface area contributed by atoms with Crippen LogP contribution >= 0.6 is 0 Å². The molecule has 0 fully saturated rings. The van der Waals surface area contributed by atoms with E-state index in [2.05, 4.69) is 10.2 Å². The molecule has 20 heavy (non-hydrogen) atoms. The second-order valence-corrected chi connectivity index (χ2v) is 4.44.